The van der Waals surface area contributed by atoms with Crippen LogP contribution in [0.4, 0.5) is 0 Å². The van der Waals surface area contributed by atoms with Gasteiger partial charge >= 0.3 is 5.97 Å². The highest BCUT2D eigenvalue weighted by molar-refractivity contribution is 5.77. The molecule has 6 heteroatoms. The quantitative estimate of drug-likeness (QED) is 0.0244. The smallest absolute Gasteiger partial charge is 0.306 e. The van der Waals surface area contributed by atoms with Crippen molar-refractivity contribution >= 4 is 11.9 Å². The van der Waals surface area contributed by atoms with Gasteiger partial charge in [-0.3, -0.25) is 9.59 Å². The molecule has 0 rings (SSSR count). The third-order valence-electron chi connectivity index (χ3n) is 12.5. The Bertz CT molecular complexity index is 1340. The molecule has 3 N–H and O–H groups in total. The number of carbonyl (C=O) groups is 2. The van der Waals surface area contributed by atoms with Crippen LogP contribution in [0.25, 0.3) is 0 Å². The zero-order valence-corrected chi connectivity index (χ0v) is 44.5. The van der Waals surface area contributed by atoms with E-state index in [1.54, 1.807) is 0 Å². The van der Waals surface area contributed by atoms with Crippen LogP contribution in [0.5, 0.6) is 0 Å². The van der Waals surface area contributed by atoms with Crippen molar-refractivity contribution in [2.24, 2.45) is 0 Å². The summed E-state index contributed by atoms with van der Waals surface area (Å²) in [5, 5.41) is 23.9. The molecule has 0 fully saturated rings. The maximum atomic E-state index is 13.3. The van der Waals surface area contributed by atoms with E-state index < -0.39 is 18.2 Å². The van der Waals surface area contributed by atoms with Gasteiger partial charge in [0, 0.05) is 6.42 Å². The first-order valence-corrected chi connectivity index (χ1v) is 28.5. The molecule has 1 amide bonds. The molecule has 0 aliphatic heterocycles. The van der Waals surface area contributed by atoms with Crippen LogP contribution in [-0.4, -0.2) is 46.9 Å². The number of amides is 1. The summed E-state index contributed by atoms with van der Waals surface area (Å²) in [5.74, 6) is -0.532. The summed E-state index contributed by atoms with van der Waals surface area (Å²) in [5.41, 5.74) is 0. The van der Waals surface area contributed by atoms with Crippen molar-refractivity contribution in [1.29, 1.82) is 0 Å². The lowest BCUT2D eigenvalue weighted by Crippen LogP contribution is -2.46. The second-order valence-corrected chi connectivity index (χ2v) is 19.1. The fourth-order valence-electron chi connectivity index (χ4n) is 8.17. The average molecular weight is 947 g/mol. The van der Waals surface area contributed by atoms with E-state index in [0.717, 1.165) is 89.9 Å². The number of aliphatic hydroxyl groups is 2. The Balaban J connectivity index is 4.68. The van der Waals surface area contributed by atoms with Crippen molar-refractivity contribution in [1.82, 2.24) is 5.32 Å². The Morgan fingerprint density at radius 3 is 1.37 bits per heavy atom. The second-order valence-electron chi connectivity index (χ2n) is 19.1. The van der Waals surface area contributed by atoms with Crippen LogP contribution < -0.4 is 5.32 Å². The van der Waals surface area contributed by atoms with Gasteiger partial charge in [-0.1, -0.05) is 259 Å². The second kappa shape index (κ2) is 54.7. The molecule has 0 saturated heterocycles. The lowest BCUT2D eigenvalue weighted by molar-refractivity contribution is -0.151. The standard InChI is InChI=1S/C62H107NO5/c1-4-7-10-13-16-19-22-25-28-30-31-32-34-37-40-43-46-49-52-55-62(67)68-58(53-50-47-44-41-38-35-33-29-26-23-20-17-14-11-8-5-2)56-61(66)63-59(57-64)60(65)54-51-48-45-42-39-36-27-24-21-18-15-12-9-6-3/h11,14,16-17,19-20,23,25-26,28-29,31-33,35,38,58-60,64-65H,4-10,12-13,15,18,21-22,24,27,30,34,36-37,39-57H2,1-3H3,(H,63,66)/b14-11+,19-16-,20-17+,26-23+,28-25-,32-31-,33-29+,38-35+. The van der Waals surface area contributed by atoms with Crippen LogP contribution in [0.15, 0.2) is 97.2 Å². The van der Waals surface area contributed by atoms with Gasteiger partial charge in [0.05, 0.1) is 25.2 Å². The van der Waals surface area contributed by atoms with Crippen LogP contribution >= 0.6 is 0 Å². The molecule has 68 heavy (non-hydrogen) atoms. The van der Waals surface area contributed by atoms with Crippen LogP contribution in [0.3, 0.4) is 0 Å². The van der Waals surface area contributed by atoms with Crippen LogP contribution in [0.2, 0.25) is 0 Å². The number of allylic oxidation sites excluding steroid dienone is 16. The topological polar surface area (TPSA) is 95.9 Å². The summed E-state index contributed by atoms with van der Waals surface area (Å²) in [6.45, 7) is 6.36. The van der Waals surface area contributed by atoms with Crippen molar-refractivity contribution in [2.45, 2.75) is 277 Å². The fourth-order valence-corrected chi connectivity index (χ4v) is 8.17. The van der Waals surface area contributed by atoms with E-state index in [1.165, 1.54) is 122 Å². The highest BCUT2D eigenvalue weighted by Gasteiger charge is 2.24. The fraction of sp³-hybridized carbons (Fsp3) is 0.710. The van der Waals surface area contributed by atoms with Crippen molar-refractivity contribution in [3.8, 4) is 0 Å². The molecule has 0 heterocycles. The Labute approximate surface area is 420 Å². The molecular formula is C62H107NO5. The third kappa shape index (κ3) is 49.2. The number of hydrogen-bond acceptors (Lipinski definition) is 5. The molecule has 0 aromatic heterocycles. The normalized spacial score (nSPS) is 13.9. The van der Waals surface area contributed by atoms with Gasteiger partial charge in [0.2, 0.25) is 5.91 Å². The SMILES string of the molecule is CCC/C=C/C=C/C=C/C=C/C=C/CCCCCC(CC(=O)NC(CO)C(O)CCCCCCCCCCCCCCCC)OC(=O)CCCCCCCC/C=C\C/C=C\C/C=C\CCCCC. The van der Waals surface area contributed by atoms with E-state index in [0.29, 0.717) is 19.3 Å². The van der Waals surface area contributed by atoms with Crippen molar-refractivity contribution in [3.05, 3.63) is 97.2 Å². The highest BCUT2D eigenvalue weighted by Crippen LogP contribution is 2.17. The first kappa shape index (κ1) is 64.8. The average Bonchev–Trinajstić information content (AvgIpc) is 3.33. The molecule has 390 valence electrons. The molecule has 0 aromatic carbocycles. The van der Waals surface area contributed by atoms with Crippen LogP contribution in [0.1, 0.15) is 258 Å². The summed E-state index contributed by atoms with van der Waals surface area (Å²) < 4.78 is 5.94. The minimum absolute atomic E-state index is 0.0392. The Morgan fingerprint density at radius 2 is 0.838 bits per heavy atom. The van der Waals surface area contributed by atoms with E-state index in [4.69, 9.17) is 4.74 Å². The molecule has 0 aliphatic rings. The highest BCUT2D eigenvalue weighted by atomic mass is 16.5. The molecule has 0 bridgehead atoms. The number of nitrogens with one attached hydrogen (secondary N) is 1. The number of ether oxygens (including phenoxy) is 1. The molecule has 0 saturated carbocycles. The minimum atomic E-state index is -0.808. The van der Waals surface area contributed by atoms with Gasteiger partial charge < -0.3 is 20.3 Å². The Kier molecular flexibility index (Phi) is 52.1. The summed E-state index contributed by atoms with van der Waals surface area (Å²) in [4.78, 5) is 26.3. The third-order valence-corrected chi connectivity index (χ3v) is 12.5. The maximum absolute atomic E-state index is 13.3. The molecule has 3 atom stereocenters. The number of carbonyl (C=O) groups excluding carboxylic acids is 2. The van der Waals surface area contributed by atoms with E-state index in [-0.39, 0.29) is 24.9 Å². The van der Waals surface area contributed by atoms with Crippen molar-refractivity contribution in [3.63, 3.8) is 0 Å². The molecule has 3 unspecified atom stereocenters. The van der Waals surface area contributed by atoms with Gasteiger partial charge in [0.25, 0.3) is 0 Å². The first-order chi connectivity index (χ1) is 33.5. The number of esters is 1. The number of unbranched alkanes of at least 4 members (excludes halogenated alkanes) is 26. The van der Waals surface area contributed by atoms with Gasteiger partial charge in [0.15, 0.2) is 0 Å². The van der Waals surface area contributed by atoms with Gasteiger partial charge in [-0.05, 0) is 83.5 Å². The predicted octanol–water partition coefficient (Wildman–Crippen LogP) is 17.7. The van der Waals surface area contributed by atoms with Crippen LogP contribution in [-0.2, 0) is 14.3 Å². The van der Waals surface area contributed by atoms with Crippen LogP contribution in [0, 0.1) is 0 Å². The maximum Gasteiger partial charge on any atom is 0.306 e. The van der Waals surface area contributed by atoms with Gasteiger partial charge in [0.1, 0.15) is 6.10 Å². The minimum Gasteiger partial charge on any atom is -0.462 e. The first-order valence-electron chi connectivity index (χ1n) is 28.5. The monoisotopic (exact) mass is 946 g/mol. The van der Waals surface area contributed by atoms with Gasteiger partial charge in [-0.15, -0.1) is 0 Å². The van der Waals surface area contributed by atoms with E-state index in [1.807, 2.05) is 36.5 Å². The summed E-state index contributed by atoms with van der Waals surface area (Å²) in [6.07, 6.45) is 73.2. The molecule has 0 spiro atoms. The van der Waals surface area contributed by atoms with E-state index in [9.17, 15) is 19.8 Å². The lowest BCUT2D eigenvalue weighted by Gasteiger charge is -2.24. The van der Waals surface area contributed by atoms with Crippen molar-refractivity contribution in [2.75, 3.05) is 6.61 Å². The van der Waals surface area contributed by atoms with Gasteiger partial charge in [-0.2, -0.15) is 0 Å². The summed E-state index contributed by atoms with van der Waals surface area (Å²) in [7, 11) is 0. The molecule has 0 aromatic rings. The number of hydrogen-bond donors (Lipinski definition) is 3. The number of rotatable bonds is 50. The molecule has 0 radical (unpaired) electrons. The molecule has 0 aliphatic carbocycles. The number of aliphatic hydroxyl groups excluding tert-OH is 2. The largest absolute Gasteiger partial charge is 0.462 e. The Hall–Kier alpha value is -3.22. The lowest BCUT2D eigenvalue weighted by atomic mass is 10.0. The zero-order valence-electron chi connectivity index (χ0n) is 44.5. The van der Waals surface area contributed by atoms with E-state index in [2.05, 4.69) is 86.8 Å². The molecule has 6 nitrogen and oxygen atoms in total. The summed E-state index contributed by atoms with van der Waals surface area (Å²) in [6, 6.07) is -0.725. The zero-order chi connectivity index (χ0) is 49.5. The van der Waals surface area contributed by atoms with Crippen molar-refractivity contribution < 1.29 is 24.5 Å². The van der Waals surface area contributed by atoms with Gasteiger partial charge in [-0.25, -0.2) is 0 Å². The Morgan fingerprint density at radius 1 is 0.441 bits per heavy atom. The molecular weight excluding hydrogens is 839 g/mol. The predicted molar refractivity (Wildman–Crippen MR) is 296 cm³/mol. The van der Waals surface area contributed by atoms with E-state index >= 15 is 0 Å². The summed E-state index contributed by atoms with van der Waals surface area (Å²) >= 11 is 0.